The number of carbonyl (C=O) groups excluding carboxylic acids is 2. The van der Waals surface area contributed by atoms with Gasteiger partial charge in [0.2, 0.25) is 0 Å². The van der Waals surface area contributed by atoms with Crippen molar-refractivity contribution < 1.29 is 14.3 Å². The number of rotatable bonds is 8. The van der Waals surface area contributed by atoms with E-state index in [0.717, 1.165) is 34.7 Å². The molecule has 0 aromatic heterocycles. The predicted molar refractivity (Wildman–Crippen MR) is 116 cm³/mol. The quantitative estimate of drug-likeness (QED) is 0.492. The Balaban J connectivity index is 1.84. The second-order valence-electron chi connectivity index (χ2n) is 6.84. The van der Waals surface area contributed by atoms with E-state index in [2.05, 4.69) is 5.32 Å². The van der Waals surface area contributed by atoms with Crippen LogP contribution in [0, 0.1) is 0 Å². The fourth-order valence-electron chi connectivity index (χ4n) is 3.09. The zero-order valence-corrected chi connectivity index (χ0v) is 16.6. The van der Waals surface area contributed by atoms with Gasteiger partial charge in [-0.05, 0) is 22.8 Å². The van der Waals surface area contributed by atoms with Crippen LogP contribution in [0.25, 0.3) is 16.5 Å². The van der Waals surface area contributed by atoms with E-state index in [1.807, 2.05) is 79.7 Å². The fraction of sp³-hybridized carbons (Fsp3) is 0.200. The zero-order valence-electron chi connectivity index (χ0n) is 16.6. The second-order valence-corrected chi connectivity index (χ2v) is 6.84. The molecule has 1 N–H and O–H groups in total. The maximum absolute atomic E-state index is 12.4. The van der Waals surface area contributed by atoms with E-state index in [1.54, 1.807) is 0 Å². The van der Waals surface area contributed by atoms with Gasteiger partial charge in [0.15, 0.2) is 5.78 Å². The Morgan fingerprint density at radius 3 is 2.45 bits per heavy atom. The number of unbranched alkanes of at least 4 members (excludes halogenated alkanes) is 1. The van der Waals surface area contributed by atoms with Crippen LogP contribution in [-0.4, -0.2) is 11.9 Å². The maximum Gasteiger partial charge on any atom is 0.411 e. The molecule has 3 aromatic carbocycles. The minimum Gasteiger partial charge on any atom is -0.444 e. The summed E-state index contributed by atoms with van der Waals surface area (Å²) in [6.07, 6.45) is 3.13. The zero-order chi connectivity index (χ0) is 20.5. The first kappa shape index (κ1) is 20.3. The highest BCUT2D eigenvalue weighted by molar-refractivity contribution is 6.03. The van der Waals surface area contributed by atoms with E-state index in [1.165, 1.54) is 6.08 Å². The minimum absolute atomic E-state index is 0.0156. The molecule has 0 spiro atoms. The predicted octanol–water partition coefficient (Wildman–Crippen LogP) is 5.87. The summed E-state index contributed by atoms with van der Waals surface area (Å²) in [7, 11) is 0. The lowest BCUT2D eigenvalue weighted by Crippen LogP contribution is -2.23. The Hall–Kier alpha value is -3.40. The lowest BCUT2D eigenvalue weighted by molar-refractivity contribution is -0.114. The van der Waals surface area contributed by atoms with E-state index in [9.17, 15) is 9.59 Å². The van der Waals surface area contributed by atoms with Gasteiger partial charge in [0.25, 0.3) is 0 Å². The average molecular weight is 387 g/mol. The largest absolute Gasteiger partial charge is 0.444 e. The van der Waals surface area contributed by atoms with Gasteiger partial charge in [-0.1, -0.05) is 86.1 Å². The van der Waals surface area contributed by atoms with E-state index in [-0.39, 0.29) is 12.4 Å². The molecule has 0 aliphatic carbocycles. The normalized spacial score (nSPS) is 11.3. The van der Waals surface area contributed by atoms with Crippen LogP contribution in [0.4, 0.5) is 4.79 Å². The highest BCUT2D eigenvalue weighted by Crippen LogP contribution is 2.24. The Kier molecular flexibility index (Phi) is 7.17. The number of hydrogen-bond donors (Lipinski definition) is 1. The third-order valence-electron chi connectivity index (χ3n) is 4.61. The van der Waals surface area contributed by atoms with Crippen LogP contribution >= 0.6 is 0 Å². The molecule has 0 heterocycles. The molecule has 1 amide bonds. The molecule has 0 atom stereocenters. The first-order valence-corrected chi connectivity index (χ1v) is 9.87. The Bertz CT molecular complexity index is 1000. The number of alkyl carbamates (subject to hydrolysis) is 1. The van der Waals surface area contributed by atoms with Gasteiger partial charge in [-0.2, -0.15) is 0 Å². The molecule has 148 valence electrons. The molecular formula is C25H25NO3. The van der Waals surface area contributed by atoms with Crippen LogP contribution in [0.2, 0.25) is 0 Å². The molecule has 0 bridgehead atoms. The van der Waals surface area contributed by atoms with Gasteiger partial charge >= 0.3 is 6.09 Å². The summed E-state index contributed by atoms with van der Waals surface area (Å²) >= 11 is 0. The van der Waals surface area contributed by atoms with E-state index in [0.29, 0.717) is 12.1 Å². The first-order valence-electron chi connectivity index (χ1n) is 9.87. The van der Waals surface area contributed by atoms with Gasteiger partial charge in [-0.15, -0.1) is 0 Å². The first-order chi connectivity index (χ1) is 14.2. The van der Waals surface area contributed by atoms with E-state index < -0.39 is 6.09 Å². The minimum atomic E-state index is -0.587. The lowest BCUT2D eigenvalue weighted by Gasteiger charge is -2.13. The van der Waals surface area contributed by atoms with Gasteiger partial charge in [0.05, 0.1) is 5.70 Å². The molecule has 0 aliphatic rings. The monoisotopic (exact) mass is 387 g/mol. The topological polar surface area (TPSA) is 55.4 Å². The maximum atomic E-state index is 12.4. The number of ether oxygens (including phenoxy) is 1. The van der Waals surface area contributed by atoms with E-state index in [4.69, 9.17) is 4.74 Å². The fourth-order valence-corrected chi connectivity index (χ4v) is 3.09. The van der Waals surface area contributed by atoms with Crippen LogP contribution in [-0.2, 0) is 16.1 Å². The number of carbonyl (C=O) groups is 2. The number of allylic oxidation sites excluding steroid dienone is 1. The van der Waals surface area contributed by atoms with Crippen molar-refractivity contribution >= 4 is 28.3 Å². The van der Waals surface area contributed by atoms with Crippen LogP contribution in [0.1, 0.15) is 37.3 Å². The number of fused-ring (bicyclic) bond motifs is 1. The van der Waals surface area contributed by atoms with Crippen LogP contribution < -0.4 is 5.32 Å². The SMILES string of the molecule is CCCCC(=O)/C=C(\NC(=O)OCc1ccccc1)c1cccc2ccccc12. The number of ketones is 1. The molecule has 0 saturated carbocycles. The third-order valence-corrected chi connectivity index (χ3v) is 4.61. The van der Waals surface area contributed by atoms with Crippen LogP contribution in [0.15, 0.2) is 78.9 Å². The molecule has 0 aliphatic heterocycles. The lowest BCUT2D eigenvalue weighted by atomic mass is 10.0. The van der Waals surface area contributed by atoms with Crippen molar-refractivity contribution in [3.63, 3.8) is 0 Å². The van der Waals surface area contributed by atoms with Crippen LogP contribution in [0.3, 0.4) is 0 Å². The number of amides is 1. The summed E-state index contributed by atoms with van der Waals surface area (Å²) in [5, 5.41) is 4.79. The molecule has 4 heteroatoms. The van der Waals surface area contributed by atoms with Crippen molar-refractivity contribution in [1.29, 1.82) is 0 Å². The summed E-state index contributed by atoms with van der Waals surface area (Å²) in [4.78, 5) is 24.9. The van der Waals surface area contributed by atoms with Crippen molar-refractivity contribution in [2.24, 2.45) is 0 Å². The standard InChI is InChI=1S/C25H25NO3/c1-2-3-14-21(27)17-24(23-16-9-13-20-12-7-8-15-22(20)23)26-25(28)29-18-19-10-5-4-6-11-19/h4-13,15-17H,2-3,14,18H2,1H3,(H,26,28)/b24-17-. The number of nitrogens with one attached hydrogen (secondary N) is 1. The van der Waals surface area contributed by atoms with Crippen LogP contribution in [0.5, 0.6) is 0 Å². The van der Waals surface area contributed by atoms with Gasteiger partial charge in [-0.3, -0.25) is 10.1 Å². The summed E-state index contributed by atoms with van der Waals surface area (Å²) in [6, 6.07) is 23.2. The molecule has 3 rings (SSSR count). The average Bonchev–Trinajstić information content (AvgIpc) is 2.76. The smallest absolute Gasteiger partial charge is 0.411 e. The summed E-state index contributed by atoms with van der Waals surface area (Å²) < 4.78 is 5.35. The van der Waals surface area contributed by atoms with Gasteiger partial charge in [0.1, 0.15) is 6.61 Å². The van der Waals surface area contributed by atoms with Gasteiger partial charge < -0.3 is 4.74 Å². The highest BCUT2D eigenvalue weighted by Gasteiger charge is 2.13. The second kappa shape index (κ2) is 10.2. The van der Waals surface area contributed by atoms with Crippen molar-refractivity contribution in [2.45, 2.75) is 32.8 Å². The molecule has 29 heavy (non-hydrogen) atoms. The number of hydrogen-bond acceptors (Lipinski definition) is 3. The summed E-state index contributed by atoms with van der Waals surface area (Å²) in [5.41, 5.74) is 2.16. The van der Waals surface area contributed by atoms with Crippen molar-refractivity contribution in [2.75, 3.05) is 0 Å². The number of benzene rings is 3. The molecule has 4 nitrogen and oxygen atoms in total. The third kappa shape index (κ3) is 5.79. The van der Waals surface area contributed by atoms with Gasteiger partial charge in [-0.25, -0.2) is 4.79 Å². The van der Waals surface area contributed by atoms with Crippen molar-refractivity contribution in [3.8, 4) is 0 Å². The summed E-state index contributed by atoms with van der Waals surface area (Å²) in [5.74, 6) is -0.0156. The molecule has 0 radical (unpaired) electrons. The molecular weight excluding hydrogens is 362 g/mol. The molecule has 3 aromatic rings. The Labute approximate surface area is 171 Å². The summed E-state index contributed by atoms with van der Waals surface area (Å²) in [6.45, 7) is 2.21. The Morgan fingerprint density at radius 1 is 0.931 bits per heavy atom. The molecule has 0 fully saturated rings. The Morgan fingerprint density at radius 2 is 1.66 bits per heavy atom. The van der Waals surface area contributed by atoms with Crippen molar-refractivity contribution in [1.82, 2.24) is 5.32 Å². The molecule has 0 unspecified atom stereocenters. The van der Waals surface area contributed by atoms with Gasteiger partial charge in [0, 0.05) is 18.1 Å². The van der Waals surface area contributed by atoms with E-state index >= 15 is 0 Å². The highest BCUT2D eigenvalue weighted by atomic mass is 16.5. The van der Waals surface area contributed by atoms with Crippen molar-refractivity contribution in [3.05, 3.63) is 90.0 Å². The molecule has 0 saturated heterocycles.